The first-order chi connectivity index (χ1) is 9.42. The highest BCUT2D eigenvalue weighted by Crippen LogP contribution is 2.37. The van der Waals surface area contributed by atoms with E-state index in [2.05, 4.69) is 4.74 Å². The van der Waals surface area contributed by atoms with E-state index in [1.54, 1.807) is 24.3 Å². The van der Waals surface area contributed by atoms with Crippen molar-refractivity contribution < 1.29 is 17.9 Å². The monoisotopic (exact) mass is 320 g/mol. The van der Waals surface area contributed by atoms with Gasteiger partial charge in [-0.05, 0) is 23.3 Å². The minimum absolute atomic E-state index is 0.0926. The molecule has 0 heterocycles. The second-order valence-corrected chi connectivity index (χ2v) is 4.62. The van der Waals surface area contributed by atoms with Crippen LogP contribution in [0.25, 0.3) is 11.1 Å². The van der Waals surface area contributed by atoms with E-state index in [0.717, 1.165) is 0 Å². The zero-order chi connectivity index (χ0) is 14.8. The van der Waals surface area contributed by atoms with Crippen LogP contribution in [0, 0.1) is 0 Å². The lowest BCUT2D eigenvalue weighted by atomic mass is 10.00. The Morgan fingerprint density at radius 3 is 2.25 bits per heavy atom. The molecule has 0 aromatic heterocycles. The molecular formula is C14H9Cl2F3O. The average Bonchev–Trinajstić information content (AvgIpc) is 2.37. The van der Waals surface area contributed by atoms with Crippen LogP contribution >= 0.6 is 23.2 Å². The van der Waals surface area contributed by atoms with Gasteiger partial charge < -0.3 is 4.74 Å². The summed E-state index contributed by atoms with van der Waals surface area (Å²) in [6.45, 7) is 0. The number of hydrogen-bond acceptors (Lipinski definition) is 1. The van der Waals surface area contributed by atoms with Gasteiger partial charge in [0.15, 0.2) is 0 Å². The van der Waals surface area contributed by atoms with Crippen LogP contribution in [0.1, 0.15) is 5.56 Å². The standard InChI is InChI=1S/C14H9Cl2F3O/c15-8-11-9(5-3-6-12(11)16)10-4-1-2-7-13(10)20-14(17,18)19/h1-7H,8H2. The van der Waals surface area contributed by atoms with Crippen molar-refractivity contribution in [3.8, 4) is 16.9 Å². The predicted molar refractivity (Wildman–Crippen MR) is 73.1 cm³/mol. The molecule has 0 spiro atoms. The number of benzene rings is 2. The number of halogens is 5. The second kappa shape index (κ2) is 5.94. The van der Waals surface area contributed by atoms with Gasteiger partial charge in [0, 0.05) is 16.5 Å². The smallest absolute Gasteiger partial charge is 0.405 e. The van der Waals surface area contributed by atoms with Crippen LogP contribution in [-0.4, -0.2) is 6.36 Å². The van der Waals surface area contributed by atoms with Crippen LogP contribution in [-0.2, 0) is 5.88 Å². The number of hydrogen-bond donors (Lipinski definition) is 0. The van der Waals surface area contributed by atoms with Gasteiger partial charge in [-0.15, -0.1) is 24.8 Å². The highest BCUT2D eigenvalue weighted by molar-refractivity contribution is 6.32. The quantitative estimate of drug-likeness (QED) is 0.664. The molecule has 0 saturated carbocycles. The molecule has 106 valence electrons. The third-order valence-corrected chi connectivity index (χ3v) is 3.28. The highest BCUT2D eigenvalue weighted by Gasteiger charge is 2.32. The molecular weight excluding hydrogens is 312 g/mol. The fraction of sp³-hybridized carbons (Fsp3) is 0.143. The molecule has 0 fully saturated rings. The summed E-state index contributed by atoms with van der Waals surface area (Å²) in [5.41, 5.74) is 1.38. The second-order valence-electron chi connectivity index (χ2n) is 3.94. The number of rotatable bonds is 3. The molecule has 0 aliphatic carbocycles. The predicted octanol–water partition coefficient (Wildman–Crippen LogP) is 5.64. The largest absolute Gasteiger partial charge is 0.573 e. The lowest BCUT2D eigenvalue weighted by molar-refractivity contribution is -0.274. The molecule has 0 amide bonds. The summed E-state index contributed by atoms with van der Waals surface area (Å²) in [4.78, 5) is 0. The van der Waals surface area contributed by atoms with Crippen molar-refractivity contribution in [1.29, 1.82) is 0 Å². The molecule has 0 N–H and O–H groups in total. The van der Waals surface area contributed by atoms with Crippen molar-refractivity contribution in [2.45, 2.75) is 12.2 Å². The van der Waals surface area contributed by atoms with Crippen molar-refractivity contribution in [1.82, 2.24) is 0 Å². The molecule has 20 heavy (non-hydrogen) atoms. The van der Waals surface area contributed by atoms with Crippen molar-refractivity contribution >= 4 is 23.2 Å². The van der Waals surface area contributed by atoms with Crippen molar-refractivity contribution in [3.63, 3.8) is 0 Å². The summed E-state index contributed by atoms with van der Waals surface area (Å²) in [5.74, 6) is -0.191. The molecule has 2 rings (SSSR count). The summed E-state index contributed by atoms with van der Waals surface area (Å²) in [5, 5.41) is 0.402. The Kier molecular flexibility index (Phi) is 4.45. The molecule has 0 aliphatic rings. The fourth-order valence-electron chi connectivity index (χ4n) is 1.85. The summed E-state index contributed by atoms with van der Waals surface area (Å²) in [7, 11) is 0. The number of alkyl halides is 4. The number of ether oxygens (including phenoxy) is 1. The highest BCUT2D eigenvalue weighted by atomic mass is 35.5. The zero-order valence-electron chi connectivity index (χ0n) is 10.0. The first-order valence-corrected chi connectivity index (χ1v) is 6.52. The molecule has 0 bridgehead atoms. The molecule has 2 aromatic carbocycles. The minimum Gasteiger partial charge on any atom is -0.405 e. The molecule has 0 radical (unpaired) electrons. The topological polar surface area (TPSA) is 9.23 Å². The van der Waals surface area contributed by atoms with Gasteiger partial charge in [-0.25, -0.2) is 0 Å². The van der Waals surface area contributed by atoms with Crippen LogP contribution < -0.4 is 4.74 Å². The normalized spacial score (nSPS) is 11.4. The van der Waals surface area contributed by atoms with Crippen LogP contribution in [0.2, 0.25) is 5.02 Å². The van der Waals surface area contributed by atoms with Gasteiger partial charge in [-0.3, -0.25) is 0 Å². The van der Waals surface area contributed by atoms with Gasteiger partial charge in [0.25, 0.3) is 0 Å². The van der Waals surface area contributed by atoms with E-state index in [0.29, 0.717) is 21.7 Å². The van der Waals surface area contributed by atoms with Gasteiger partial charge in [-0.2, -0.15) is 0 Å². The third-order valence-electron chi connectivity index (χ3n) is 2.66. The van der Waals surface area contributed by atoms with Crippen molar-refractivity contribution in [2.24, 2.45) is 0 Å². The van der Waals surface area contributed by atoms with Gasteiger partial charge in [0.05, 0.1) is 0 Å². The number of para-hydroxylation sites is 1. The Bertz CT molecular complexity index is 612. The fourth-order valence-corrected chi connectivity index (χ4v) is 2.45. The van der Waals surface area contributed by atoms with Gasteiger partial charge in [-0.1, -0.05) is 41.9 Å². The maximum Gasteiger partial charge on any atom is 0.573 e. The van der Waals surface area contributed by atoms with E-state index in [9.17, 15) is 13.2 Å². The first kappa shape index (κ1) is 15.0. The van der Waals surface area contributed by atoms with E-state index in [1.165, 1.54) is 18.2 Å². The summed E-state index contributed by atoms with van der Waals surface area (Å²) >= 11 is 11.8. The van der Waals surface area contributed by atoms with Crippen molar-refractivity contribution in [2.75, 3.05) is 0 Å². The van der Waals surface area contributed by atoms with Crippen LogP contribution in [0.3, 0.4) is 0 Å². The SMILES string of the molecule is FC(F)(F)Oc1ccccc1-c1cccc(Cl)c1CCl. The maximum absolute atomic E-state index is 12.4. The maximum atomic E-state index is 12.4. The summed E-state index contributed by atoms with van der Waals surface area (Å²) in [6, 6.07) is 10.8. The lowest BCUT2D eigenvalue weighted by Crippen LogP contribution is -2.17. The molecule has 0 unspecified atom stereocenters. The molecule has 1 nitrogen and oxygen atoms in total. The van der Waals surface area contributed by atoms with E-state index in [1.807, 2.05) is 0 Å². The third kappa shape index (κ3) is 3.38. The Hall–Kier alpha value is -1.39. The lowest BCUT2D eigenvalue weighted by Gasteiger charge is -2.15. The van der Waals surface area contributed by atoms with E-state index >= 15 is 0 Å². The molecule has 0 aliphatic heterocycles. The van der Waals surface area contributed by atoms with Gasteiger partial charge >= 0.3 is 6.36 Å². The van der Waals surface area contributed by atoms with Gasteiger partial charge in [0.2, 0.25) is 0 Å². The molecule has 0 saturated heterocycles. The van der Waals surface area contributed by atoms with E-state index in [-0.39, 0.29) is 11.6 Å². The summed E-state index contributed by atoms with van der Waals surface area (Å²) in [6.07, 6.45) is -4.75. The Balaban J connectivity index is 2.56. The van der Waals surface area contributed by atoms with E-state index in [4.69, 9.17) is 23.2 Å². The van der Waals surface area contributed by atoms with Crippen LogP contribution in [0.4, 0.5) is 13.2 Å². The molecule has 0 atom stereocenters. The average molecular weight is 321 g/mol. The zero-order valence-corrected chi connectivity index (χ0v) is 11.6. The van der Waals surface area contributed by atoms with Crippen LogP contribution in [0.15, 0.2) is 42.5 Å². The van der Waals surface area contributed by atoms with Crippen molar-refractivity contribution in [3.05, 3.63) is 53.1 Å². The van der Waals surface area contributed by atoms with Gasteiger partial charge in [0.1, 0.15) is 5.75 Å². The minimum atomic E-state index is -4.75. The Labute approximate surface area is 123 Å². The van der Waals surface area contributed by atoms with Crippen LogP contribution in [0.5, 0.6) is 5.75 Å². The Morgan fingerprint density at radius 1 is 0.950 bits per heavy atom. The van der Waals surface area contributed by atoms with E-state index < -0.39 is 6.36 Å². The molecule has 6 heteroatoms. The molecule has 2 aromatic rings. The Morgan fingerprint density at radius 2 is 1.60 bits per heavy atom. The summed E-state index contributed by atoms with van der Waals surface area (Å²) < 4.78 is 41.3. The first-order valence-electron chi connectivity index (χ1n) is 5.61.